The average Bonchev–Trinajstić information content (AvgIpc) is 2.33. The van der Waals surface area contributed by atoms with Crippen molar-refractivity contribution >= 4 is 0 Å². The molecule has 0 aliphatic rings. The van der Waals surface area contributed by atoms with Crippen molar-refractivity contribution in [3.8, 4) is 5.75 Å². The first-order valence-electron chi connectivity index (χ1n) is 6.47. The lowest BCUT2D eigenvalue weighted by atomic mass is 9.99. The molecule has 1 atom stereocenters. The fourth-order valence-corrected chi connectivity index (χ4v) is 1.88. The van der Waals surface area contributed by atoms with E-state index in [4.69, 9.17) is 15.6 Å². The average molecular weight is 251 g/mol. The summed E-state index contributed by atoms with van der Waals surface area (Å²) in [5, 5.41) is 9.07. The third-order valence-corrected chi connectivity index (χ3v) is 3.37. The lowest BCUT2D eigenvalue weighted by Gasteiger charge is -2.21. The molecule has 1 aromatic carbocycles. The predicted octanol–water partition coefficient (Wildman–Crippen LogP) is 2.48. The number of rotatable bonds is 6. The van der Waals surface area contributed by atoms with Gasteiger partial charge in [-0.1, -0.05) is 12.1 Å². The van der Waals surface area contributed by atoms with Crippen LogP contribution >= 0.6 is 0 Å². The Kier molecular flexibility index (Phi) is 5.17. The summed E-state index contributed by atoms with van der Waals surface area (Å²) in [6.07, 6.45) is 1.60. The van der Waals surface area contributed by atoms with Crippen LogP contribution in [0.5, 0.6) is 5.75 Å². The summed E-state index contributed by atoms with van der Waals surface area (Å²) in [6, 6.07) is 4.19. The maximum atomic E-state index is 9.07. The van der Waals surface area contributed by atoms with Gasteiger partial charge < -0.3 is 15.6 Å². The summed E-state index contributed by atoms with van der Waals surface area (Å²) in [4.78, 5) is 0. The molecular formula is C15H25NO2. The second kappa shape index (κ2) is 6.21. The zero-order chi connectivity index (χ0) is 13.8. The van der Waals surface area contributed by atoms with E-state index in [2.05, 4.69) is 32.9 Å². The molecule has 0 spiro atoms. The summed E-state index contributed by atoms with van der Waals surface area (Å²) >= 11 is 0. The van der Waals surface area contributed by atoms with Crippen molar-refractivity contribution in [2.24, 2.45) is 5.73 Å². The molecule has 3 N–H and O–H groups in total. The van der Waals surface area contributed by atoms with Crippen LogP contribution in [-0.2, 0) is 0 Å². The van der Waals surface area contributed by atoms with Crippen molar-refractivity contribution in [1.29, 1.82) is 0 Å². The van der Waals surface area contributed by atoms with E-state index in [0.717, 1.165) is 24.2 Å². The normalized spacial score (nSPS) is 14.3. The van der Waals surface area contributed by atoms with Crippen LogP contribution in [0.4, 0.5) is 0 Å². The molecule has 0 aliphatic heterocycles. The van der Waals surface area contributed by atoms with Crippen LogP contribution < -0.4 is 10.5 Å². The molecule has 1 rings (SSSR count). The molecule has 0 aromatic heterocycles. The highest BCUT2D eigenvalue weighted by molar-refractivity contribution is 5.44. The highest BCUT2D eigenvalue weighted by Gasteiger charge is 2.16. The minimum absolute atomic E-state index is 0.00943. The Morgan fingerprint density at radius 2 is 1.83 bits per heavy atom. The van der Waals surface area contributed by atoms with Crippen LogP contribution in [-0.4, -0.2) is 23.9 Å². The van der Waals surface area contributed by atoms with Crippen molar-refractivity contribution in [3.05, 3.63) is 28.8 Å². The molecule has 0 radical (unpaired) electrons. The number of nitrogens with two attached hydrogens (primary N) is 1. The molecular weight excluding hydrogens is 226 g/mol. The van der Waals surface area contributed by atoms with Gasteiger partial charge in [0.1, 0.15) is 5.75 Å². The summed E-state index contributed by atoms with van der Waals surface area (Å²) in [7, 11) is 0. The Morgan fingerprint density at radius 3 is 2.44 bits per heavy atom. The van der Waals surface area contributed by atoms with Crippen molar-refractivity contribution in [2.75, 3.05) is 13.2 Å². The van der Waals surface area contributed by atoms with Crippen LogP contribution in [0.1, 0.15) is 36.5 Å². The summed E-state index contributed by atoms with van der Waals surface area (Å²) < 4.78 is 5.85. The van der Waals surface area contributed by atoms with Crippen molar-refractivity contribution < 1.29 is 9.84 Å². The fraction of sp³-hybridized carbons (Fsp3) is 0.600. The molecule has 3 heteroatoms. The minimum atomic E-state index is -0.500. The van der Waals surface area contributed by atoms with Gasteiger partial charge in [-0.25, -0.2) is 0 Å². The molecule has 0 bridgehead atoms. The van der Waals surface area contributed by atoms with E-state index in [-0.39, 0.29) is 6.61 Å². The second-order valence-electron chi connectivity index (χ2n) is 5.42. The maximum absolute atomic E-state index is 9.07. The largest absolute Gasteiger partial charge is 0.493 e. The first-order valence-corrected chi connectivity index (χ1v) is 6.47. The molecule has 0 saturated heterocycles. The van der Waals surface area contributed by atoms with E-state index >= 15 is 0 Å². The van der Waals surface area contributed by atoms with Gasteiger partial charge in [-0.05, 0) is 57.2 Å². The van der Waals surface area contributed by atoms with Gasteiger partial charge >= 0.3 is 0 Å². The molecule has 0 fully saturated rings. The van der Waals surface area contributed by atoms with Gasteiger partial charge in [-0.2, -0.15) is 0 Å². The Labute approximate surface area is 110 Å². The molecule has 0 saturated carbocycles. The number of aryl methyl sites for hydroxylation is 2. The van der Waals surface area contributed by atoms with Gasteiger partial charge in [0.15, 0.2) is 0 Å². The van der Waals surface area contributed by atoms with Gasteiger partial charge in [0.2, 0.25) is 0 Å². The summed E-state index contributed by atoms with van der Waals surface area (Å²) in [5.41, 5.74) is 8.98. The first-order chi connectivity index (χ1) is 8.37. The van der Waals surface area contributed by atoms with Crippen molar-refractivity contribution in [3.63, 3.8) is 0 Å². The van der Waals surface area contributed by atoms with Gasteiger partial charge in [-0.15, -0.1) is 0 Å². The molecule has 3 nitrogen and oxygen atoms in total. The Bertz CT molecular complexity index is 400. The van der Waals surface area contributed by atoms with E-state index in [0.29, 0.717) is 6.61 Å². The highest BCUT2D eigenvalue weighted by atomic mass is 16.5. The third-order valence-electron chi connectivity index (χ3n) is 3.37. The SMILES string of the molecule is Cc1ccc(C)c(OCCCC(C)(N)CO)c1C. The van der Waals surface area contributed by atoms with E-state index in [9.17, 15) is 0 Å². The molecule has 1 aromatic rings. The number of hydrogen-bond acceptors (Lipinski definition) is 3. The second-order valence-corrected chi connectivity index (χ2v) is 5.42. The zero-order valence-electron chi connectivity index (χ0n) is 11.9. The maximum Gasteiger partial charge on any atom is 0.125 e. The Morgan fingerprint density at radius 1 is 1.22 bits per heavy atom. The van der Waals surface area contributed by atoms with Gasteiger partial charge in [0.05, 0.1) is 13.2 Å². The molecule has 1 unspecified atom stereocenters. The lowest BCUT2D eigenvalue weighted by Crippen LogP contribution is -2.40. The van der Waals surface area contributed by atoms with Crippen molar-refractivity contribution in [1.82, 2.24) is 0 Å². The van der Waals surface area contributed by atoms with Crippen LogP contribution in [0.25, 0.3) is 0 Å². The predicted molar refractivity (Wildman–Crippen MR) is 75.1 cm³/mol. The lowest BCUT2D eigenvalue weighted by molar-refractivity contribution is 0.188. The number of ether oxygens (including phenoxy) is 1. The van der Waals surface area contributed by atoms with Crippen LogP contribution in [0.15, 0.2) is 12.1 Å². The van der Waals surface area contributed by atoms with E-state index in [1.54, 1.807) is 0 Å². The van der Waals surface area contributed by atoms with E-state index < -0.39 is 5.54 Å². The standard InChI is InChI=1S/C15H25NO2/c1-11-6-7-12(2)14(13(11)3)18-9-5-8-15(4,16)10-17/h6-7,17H,5,8-10,16H2,1-4H3. The number of benzene rings is 1. The smallest absolute Gasteiger partial charge is 0.125 e. The van der Waals surface area contributed by atoms with Crippen LogP contribution in [0, 0.1) is 20.8 Å². The topological polar surface area (TPSA) is 55.5 Å². The van der Waals surface area contributed by atoms with E-state index in [1.807, 2.05) is 6.92 Å². The molecule has 0 heterocycles. The molecule has 0 amide bonds. The van der Waals surface area contributed by atoms with E-state index in [1.165, 1.54) is 11.1 Å². The van der Waals surface area contributed by atoms with Gasteiger partial charge in [-0.3, -0.25) is 0 Å². The minimum Gasteiger partial charge on any atom is -0.493 e. The van der Waals surface area contributed by atoms with Gasteiger partial charge in [0, 0.05) is 5.54 Å². The zero-order valence-corrected chi connectivity index (χ0v) is 11.9. The van der Waals surface area contributed by atoms with Crippen molar-refractivity contribution in [2.45, 2.75) is 46.1 Å². The van der Waals surface area contributed by atoms with Crippen LogP contribution in [0.2, 0.25) is 0 Å². The Balaban J connectivity index is 2.52. The quantitative estimate of drug-likeness (QED) is 0.764. The summed E-state index contributed by atoms with van der Waals surface area (Å²) in [5.74, 6) is 0.984. The molecule has 102 valence electrons. The highest BCUT2D eigenvalue weighted by Crippen LogP contribution is 2.26. The number of hydrogen-bond donors (Lipinski definition) is 2. The first kappa shape index (κ1) is 15.0. The third kappa shape index (κ3) is 4.00. The van der Waals surface area contributed by atoms with Crippen LogP contribution in [0.3, 0.4) is 0 Å². The number of aliphatic hydroxyl groups excluding tert-OH is 1. The molecule has 0 aliphatic carbocycles. The van der Waals surface area contributed by atoms with Gasteiger partial charge in [0.25, 0.3) is 0 Å². The monoisotopic (exact) mass is 251 g/mol. The molecule has 18 heavy (non-hydrogen) atoms. The Hall–Kier alpha value is -1.06. The summed E-state index contributed by atoms with van der Waals surface area (Å²) in [6.45, 7) is 8.73. The number of aliphatic hydroxyl groups is 1. The fourth-order valence-electron chi connectivity index (χ4n) is 1.88.